The molecule has 2 rings (SSSR count). The lowest BCUT2D eigenvalue weighted by Crippen LogP contribution is -2.41. The number of amides is 2. The number of hydrogen-bond acceptors (Lipinski definition) is 3. The fourth-order valence-corrected chi connectivity index (χ4v) is 2.76. The average molecular weight is 390 g/mol. The first-order chi connectivity index (χ1) is 12.6. The minimum absolute atomic E-state index is 0. The fourth-order valence-electron chi connectivity index (χ4n) is 2.76. The van der Waals surface area contributed by atoms with Gasteiger partial charge in [-0.2, -0.15) is 0 Å². The topological polar surface area (TPSA) is 75.4 Å². The van der Waals surface area contributed by atoms with Crippen LogP contribution in [-0.2, 0) is 11.2 Å². The molecule has 0 saturated heterocycles. The van der Waals surface area contributed by atoms with Gasteiger partial charge in [-0.1, -0.05) is 48.5 Å². The summed E-state index contributed by atoms with van der Waals surface area (Å²) in [5, 5.41) is 2.88. The smallest absolute Gasteiger partial charge is 0.251 e. The van der Waals surface area contributed by atoms with Crippen LogP contribution >= 0.6 is 12.4 Å². The summed E-state index contributed by atoms with van der Waals surface area (Å²) in [6.07, 6.45) is 1.05. The molecule has 0 saturated carbocycles. The third-order valence-electron chi connectivity index (χ3n) is 4.16. The van der Waals surface area contributed by atoms with Crippen LogP contribution in [0.25, 0.3) is 0 Å². The molecule has 1 atom stereocenters. The lowest BCUT2D eigenvalue weighted by atomic mass is 10.1. The molecule has 146 valence electrons. The summed E-state index contributed by atoms with van der Waals surface area (Å²) in [6, 6.07) is 18.8. The van der Waals surface area contributed by atoms with Crippen LogP contribution < -0.4 is 11.1 Å². The fraction of sp³-hybridized carbons (Fsp3) is 0.333. The maximum atomic E-state index is 12.6. The van der Waals surface area contributed by atoms with Gasteiger partial charge in [0.05, 0.1) is 0 Å². The molecule has 0 aliphatic rings. The quantitative estimate of drug-likeness (QED) is 0.692. The second-order valence-corrected chi connectivity index (χ2v) is 6.35. The Bertz CT molecular complexity index is 695. The number of hydrogen-bond donors (Lipinski definition) is 2. The van der Waals surface area contributed by atoms with Crippen LogP contribution in [0.2, 0.25) is 0 Å². The van der Waals surface area contributed by atoms with Crippen LogP contribution in [0.5, 0.6) is 0 Å². The first-order valence-corrected chi connectivity index (χ1v) is 8.98. The van der Waals surface area contributed by atoms with E-state index in [4.69, 9.17) is 5.73 Å². The van der Waals surface area contributed by atoms with Crippen molar-refractivity contribution in [2.24, 2.45) is 5.73 Å². The number of nitrogens with two attached hydrogens (primary N) is 1. The van der Waals surface area contributed by atoms with E-state index in [2.05, 4.69) is 5.32 Å². The molecule has 0 aromatic heterocycles. The summed E-state index contributed by atoms with van der Waals surface area (Å²) >= 11 is 0. The van der Waals surface area contributed by atoms with Crippen molar-refractivity contribution in [3.63, 3.8) is 0 Å². The van der Waals surface area contributed by atoms with Gasteiger partial charge in [0.25, 0.3) is 5.91 Å². The van der Waals surface area contributed by atoms with Gasteiger partial charge in [0.15, 0.2) is 0 Å². The van der Waals surface area contributed by atoms with E-state index in [0.29, 0.717) is 25.2 Å². The van der Waals surface area contributed by atoms with Crippen LogP contribution in [0.3, 0.4) is 0 Å². The van der Waals surface area contributed by atoms with Crippen LogP contribution in [-0.4, -0.2) is 42.4 Å². The van der Waals surface area contributed by atoms with Crippen molar-refractivity contribution < 1.29 is 9.59 Å². The average Bonchev–Trinajstić information content (AvgIpc) is 2.66. The third kappa shape index (κ3) is 7.81. The van der Waals surface area contributed by atoms with E-state index < -0.39 is 0 Å². The Morgan fingerprint density at radius 2 is 1.59 bits per heavy atom. The Kier molecular flexibility index (Phi) is 10.2. The molecule has 0 fully saturated rings. The lowest BCUT2D eigenvalue weighted by molar-refractivity contribution is -0.131. The number of halogens is 1. The predicted molar refractivity (Wildman–Crippen MR) is 111 cm³/mol. The van der Waals surface area contributed by atoms with Gasteiger partial charge >= 0.3 is 0 Å². The molecular formula is C21H28ClN3O2. The molecule has 0 spiro atoms. The van der Waals surface area contributed by atoms with Crippen molar-refractivity contribution in [2.75, 3.05) is 19.6 Å². The Morgan fingerprint density at radius 1 is 1.00 bits per heavy atom. The standard InChI is InChI=1S/C21H27N3O2.ClH/c1-17(23-21(26)19-10-6-3-7-11-19)16-20(25)24(15-13-22)14-12-18-8-4-2-5-9-18;/h2-11,17H,12-16,22H2,1H3,(H,23,26);1H. The molecule has 2 aromatic carbocycles. The van der Waals surface area contributed by atoms with E-state index in [1.165, 1.54) is 5.56 Å². The van der Waals surface area contributed by atoms with Gasteiger partial charge in [0, 0.05) is 37.7 Å². The highest BCUT2D eigenvalue weighted by Gasteiger charge is 2.18. The van der Waals surface area contributed by atoms with E-state index in [0.717, 1.165) is 6.42 Å². The van der Waals surface area contributed by atoms with Gasteiger partial charge in [0.2, 0.25) is 5.91 Å². The Hall–Kier alpha value is -2.37. The summed E-state index contributed by atoms with van der Waals surface area (Å²) < 4.78 is 0. The highest BCUT2D eigenvalue weighted by Crippen LogP contribution is 2.05. The van der Waals surface area contributed by atoms with Crippen LogP contribution in [0, 0.1) is 0 Å². The number of carbonyl (C=O) groups excluding carboxylic acids is 2. The maximum Gasteiger partial charge on any atom is 0.251 e. The minimum Gasteiger partial charge on any atom is -0.349 e. The lowest BCUT2D eigenvalue weighted by Gasteiger charge is -2.24. The molecule has 3 N–H and O–H groups in total. The van der Waals surface area contributed by atoms with Crippen molar-refractivity contribution in [1.29, 1.82) is 0 Å². The maximum absolute atomic E-state index is 12.6. The molecule has 0 heterocycles. The van der Waals surface area contributed by atoms with Crippen LogP contribution in [0.1, 0.15) is 29.3 Å². The SMILES string of the molecule is CC(CC(=O)N(CCN)CCc1ccccc1)NC(=O)c1ccccc1.Cl. The van der Waals surface area contributed by atoms with Gasteiger partial charge in [-0.3, -0.25) is 9.59 Å². The van der Waals surface area contributed by atoms with Crippen LogP contribution in [0.4, 0.5) is 0 Å². The predicted octanol–water partition coefficient (Wildman–Crippen LogP) is 2.65. The number of rotatable bonds is 9. The van der Waals surface area contributed by atoms with Gasteiger partial charge in [0.1, 0.15) is 0 Å². The van der Waals surface area contributed by atoms with E-state index in [1.807, 2.05) is 55.5 Å². The van der Waals surface area contributed by atoms with Crippen LogP contribution in [0.15, 0.2) is 60.7 Å². The number of nitrogens with zero attached hydrogens (tertiary/aromatic N) is 1. The molecule has 27 heavy (non-hydrogen) atoms. The number of carbonyl (C=O) groups is 2. The molecule has 2 aromatic rings. The Labute approximate surface area is 167 Å². The highest BCUT2D eigenvalue weighted by atomic mass is 35.5. The molecule has 0 aliphatic carbocycles. The molecule has 0 aliphatic heterocycles. The molecular weight excluding hydrogens is 362 g/mol. The monoisotopic (exact) mass is 389 g/mol. The second-order valence-electron chi connectivity index (χ2n) is 6.35. The molecule has 5 nitrogen and oxygen atoms in total. The summed E-state index contributed by atoms with van der Waals surface area (Å²) in [4.78, 5) is 26.6. The molecule has 0 bridgehead atoms. The minimum atomic E-state index is -0.243. The Balaban J connectivity index is 0.00000364. The van der Waals surface area contributed by atoms with Crippen molar-refractivity contribution in [3.05, 3.63) is 71.8 Å². The summed E-state index contributed by atoms with van der Waals surface area (Å²) in [5.74, 6) is -0.159. The second kappa shape index (κ2) is 12.1. The van der Waals surface area contributed by atoms with Gasteiger partial charge in [-0.25, -0.2) is 0 Å². The first-order valence-electron chi connectivity index (χ1n) is 8.98. The van der Waals surface area contributed by atoms with E-state index in [9.17, 15) is 9.59 Å². The summed E-state index contributed by atoms with van der Waals surface area (Å²) in [6.45, 7) is 3.41. The first kappa shape index (κ1) is 22.7. The van der Waals surface area contributed by atoms with Gasteiger partial charge in [-0.15, -0.1) is 12.4 Å². The van der Waals surface area contributed by atoms with E-state index in [-0.39, 0.29) is 36.7 Å². The summed E-state index contributed by atoms with van der Waals surface area (Å²) in [5.41, 5.74) is 7.44. The number of benzene rings is 2. The van der Waals surface area contributed by atoms with Gasteiger partial charge < -0.3 is 16.0 Å². The van der Waals surface area contributed by atoms with Gasteiger partial charge in [-0.05, 0) is 31.0 Å². The highest BCUT2D eigenvalue weighted by molar-refractivity contribution is 5.94. The molecule has 1 unspecified atom stereocenters. The van der Waals surface area contributed by atoms with E-state index in [1.54, 1.807) is 17.0 Å². The molecule has 6 heteroatoms. The van der Waals surface area contributed by atoms with E-state index >= 15 is 0 Å². The third-order valence-corrected chi connectivity index (χ3v) is 4.16. The molecule has 2 amide bonds. The molecule has 0 radical (unpaired) electrons. The van der Waals surface area contributed by atoms with Crippen molar-refractivity contribution >= 4 is 24.2 Å². The van der Waals surface area contributed by atoms with Crippen molar-refractivity contribution in [2.45, 2.75) is 25.8 Å². The van der Waals surface area contributed by atoms with Crippen molar-refractivity contribution in [3.8, 4) is 0 Å². The summed E-state index contributed by atoms with van der Waals surface area (Å²) in [7, 11) is 0. The number of nitrogens with one attached hydrogen (secondary N) is 1. The van der Waals surface area contributed by atoms with Crippen molar-refractivity contribution in [1.82, 2.24) is 10.2 Å². The normalized spacial score (nSPS) is 11.2. The zero-order valence-electron chi connectivity index (χ0n) is 15.6. The zero-order valence-corrected chi connectivity index (χ0v) is 16.5. The largest absolute Gasteiger partial charge is 0.349 e. The zero-order chi connectivity index (χ0) is 18.8. The Morgan fingerprint density at radius 3 is 2.19 bits per heavy atom.